The number of nitriles is 1. The standard InChI is InChI=1S/C13H12F2N2O3/c14-9-5-4-8(7-10(9)15)12(18)17-11(13(19)20)3-1-2-6-16/h4-5,7,11H,1-3H2,(H,17,18)(H,19,20)/t11-/m0/s1. The highest BCUT2D eigenvalue weighted by Gasteiger charge is 2.20. The second-order valence-corrected chi connectivity index (χ2v) is 4.04. The number of amides is 1. The van der Waals surface area contributed by atoms with E-state index in [1.807, 2.05) is 6.07 Å². The van der Waals surface area contributed by atoms with Crippen LogP contribution in [0.4, 0.5) is 8.78 Å². The first kappa shape index (κ1) is 15.6. The number of hydrogen-bond acceptors (Lipinski definition) is 3. The maximum absolute atomic E-state index is 13.0. The Morgan fingerprint density at radius 2 is 2.05 bits per heavy atom. The van der Waals surface area contributed by atoms with E-state index in [2.05, 4.69) is 5.32 Å². The molecule has 1 rings (SSSR count). The number of carbonyl (C=O) groups is 2. The van der Waals surface area contributed by atoms with Crippen molar-refractivity contribution in [3.63, 3.8) is 0 Å². The number of aliphatic carboxylic acids is 1. The fraction of sp³-hybridized carbons (Fsp3) is 0.308. The number of unbranched alkanes of at least 4 members (excludes halogenated alkanes) is 1. The molecule has 7 heteroatoms. The zero-order chi connectivity index (χ0) is 15.1. The van der Waals surface area contributed by atoms with Crippen LogP contribution in [0.15, 0.2) is 18.2 Å². The quantitative estimate of drug-likeness (QED) is 0.779. The van der Waals surface area contributed by atoms with Gasteiger partial charge in [-0.1, -0.05) is 0 Å². The van der Waals surface area contributed by atoms with Gasteiger partial charge in [0.2, 0.25) is 0 Å². The third-order valence-corrected chi connectivity index (χ3v) is 2.57. The molecule has 1 amide bonds. The third-order valence-electron chi connectivity index (χ3n) is 2.57. The zero-order valence-electron chi connectivity index (χ0n) is 10.4. The van der Waals surface area contributed by atoms with Crippen LogP contribution in [-0.4, -0.2) is 23.0 Å². The summed E-state index contributed by atoms with van der Waals surface area (Å²) in [5.74, 6) is -4.34. The van der Waals surface area contributed by atoms with Crippen LogP contribution in [0.2, 0.25) is 0 Å². The molecule has 0 spiro atoms. The zero-order valence-corrected chi connectivity index (χ0v) is 10.4. The smallest absolute Gasteiger partial charge is 0.326 e. The summed E-state index contributed by atoms with van der Waals surface area (Å²) in [5, 5.41) is 19.5. The van der Waals surface area contributed by atoms with Crippen molar-refractivity contribution in [2.24, 2.45) is 0 Å². The lowest BCUT2D eigenvalue weighted by atomic mass is 10.1. The summed E-state index contributed by atoms with van der Waals surface area (Å²) in [6, 6.07) is 3.23. The van der Waals surface area contributed by atoms with Gasteiger partial charge in [0.05, 0.1) is 6.07 Å². The molecule has 0 heterocycles. The normalized spacial score (nSPS) is 11.4. The van der Waals surface area contributed by atoms with E-state index in [0.29, 0.717) is 12.5 Å². The Kier molecular flexibility index (Phi) is 5.59. The monoisotopic (exact) mass is 282 g/mol. The lowest BCUT2D eigenvalue weighted by molar-refractivity contribution is -0.139. The highest BCUT2D eigenvalue weighted by Crippen LogP contribution is 2.09. The van der Waals surface area contributed by atoms with Crippen molar-refractivity contribution in [1.82, 2.24) is 5.32 Å². The number of carboxylic acids is 1. The molecule has 0 radical (unpaired) electrons. The molecule has 1 atom stereocenters. The molecule has 0 unspecified atom stereocenters. The number of nitrogens with zero attached hydrogens (tertiary/aromatic N) is 1. The second-order valence-electron chi connectivity index (χ2n) is 4.04. The van der Waals surface area contributed by atoms with Gasteiger partial charge in [-0.25, -0.2) is 13.6 Å². The van der Waals surface area contributed by atoms with Gasteiger partial charge in [0.25, 0.3) is 5.91 Å². The molecule has 0 aliphatic heterocycles. The Morgan fingerprint density at radius 1 is 1.35 bits per heavy atom. The summed E-state index contributed by atoms with van der Waals surface area (Å²) >= 11 is 0. The molecule has 1 aromatic rings. The minimum atomic E-state index is -1.25. The van der Waals surface area contributed by atoms with E-state index in [1.165, 1.54) is 0 Å². The lowest BCUT2D eigenvalue weighted by Gasteiger charge is -2.13. The van der Waals surface area contributed by atoms with Crippen LogP contribution >= 0.6 is 0 Å². The van der Waals surface area contributed by atoms with E-state index in [-0.39, 0.29) is 18.4 Å². The Hall–Kier alpha value is -2.49. The van der Waals surface area contributed by atoms with Crippen LogP contribution in [0, 0.1) is 23.0 Å². The molecule has 0 aromatic heterocycles. The molecule has 0 bridgehead atoms. The summed E-state index contributed by atoms with van der Waals surface area (Å²) in [4.78, 5) is 22.7. The molecule has 0 saturated carbocycles. The predicted molar refractivity (Wildman–Crippen MR) is 64.7 cm³/mol. The number of nitrogens with one attached hydrogen (secondary N) is 1. The van der Waals surface area contributed by atoms with Crippen molar-refractivity contribution in [1.29, 1.82) is 5.26 Å². The largest absolute Gasteiger partial charge is 0.480 e. The SMILES string of the molecule is N#CCCC[C@H](NC(=O)c1ccc(F)c(F)c1)C(=O)O. The Morgan fingerprint density at radius 3 is 2.60 bits per heavy atom. The first-order valence-electron chi connectivity index (χ1n) is 5.81. The van der Waals surface area contributed by atoms with Gasteiger partial charge in [-0.05, 0) is 31.0 Å². The van der Waals surface area contributed by atoms with Crippen molar-refractivity contribution < 1.29 is 23.5 Å². The summed E-state index contributed by atoms with van der Waals surface area (Å²) in [6.45, 7) is 0. The summed E-state index contributed by atoms with van der Waals surface area (Å²) in [6.07, 6.45) is 0.564. The highest BCUT2D eigenvalue weighted by molar-refractivity contribution is 5.96. The van der Waals surface area contributed by atoms with Gasteiger partial charge in [0.15, 0.2) is 11.6 Å². The summed E-state index contributed by atoms with van der Waals surface area (Å²) in [5.41, 5.74) is -0.171. The highest BCUT2D eigenvalue weighted by atomic mass is 19.2. The maximum atomic E-state index is 13.0. The number of carbonyl (C=O) groups excluding carboxylic acids is 1. The average Bonchev–Trinajstić information content (AvgIpc) is 2.40. The fourth-order valence-corrected chi connectivity index (χ4v) is 1.52. The number of carboxylic acid groups (broad SMARTS) is 1. The van der Waals surface area contributed by atoms with Gasteiger partial charge in [-0.3, -0.25) is 4.79 Å². The van der Waals surface area contributed by atoms with Gasteiger partial charge >= 0.3 is 5.97 Å². The first-order chi connectivity index (χ1) is 9.45. The van der Waals surface area contributed by atoms with Crippen molar-refractivity contribution in [3.8, 4) is 6.07 Å². The topological polar surface area (TPSA) is 90.2 Å². The van der Waals surface area contributed by atoms with Crippen molar-refractivity contribution in [2.75, 3.05) is 0 Å². The molecular formula is C13H12F2N2O3. The fourth-order valence-electron chi connectivity index (χ4n) is 1.52. The predicted octanol–water partition coefficient (Wildman–Crippen LogP) is 1.84. The van der Waals surface area contributed by atoms with Crippen LogP contribution in [0.5, 0.6) is 0 Å². The van der Waals surface area contributed by atoms with Crippen molar-refractivity contribution >= 4 is 11.9 Å². The minimum absolute atomic E-state index is 0.0817. The van der Waals surface area contributed by atoms with E-state index in [4.69, 9.17) is 10.4 Å². The number of benzene rings is 1. The van der Waals surface area contributed by atoms with Crippen LogP contribution in [-0.2, 0) is 4.79 Å². The van der Waals surface area contributed by atoms with Crippen LogP contribution in [0.25, 0.3) is 0 Å². The summed E-state index contributed by atoms with van der Waals surface area (Å²) < 4.78 is 25.7. The van der Waals surface area contributed by atoms with Gasteiger partial charge in [-0.15, -0.1) is 0 Å². The van der Waals surface area contributed by atoms with Gasteiger partial charge < -0.3 is 10.4 Å². The molecule has 20 heavy (non-hydrogen) atoms. The van der Waals surface area contributed by atoms with Gasteiger partial charge in [0.1, 0.15) is 6.04 Å². The van der Waals surface area contributed by atoms with E-state index in [1.54, 1.807) is 0 Å². The second kappa shape index (κ2) is 7.19. The Balaban J connectivity index is 2.72. The van der Waals surface area contributed by atoms with E-state index in [0.717, 1.165) is 12.1 Å². The van der Waals surface area contributed by atoms with E-state index < -0.39 is 29.6 Å². The molecule has 1 aromatic carbocycles. The summed E-state index contributed by atoms with van der Waals surface area (Å²) in [7, 11) is 0. The first-order valence-corrected chi connectivity index (χ1v) is 5.81. The number of rotatable bonds is 6. The molecule has 2 N–H and O–H groups in total. The maximum Gasteiger partial charge on any atom is 0.326 e. The van der Waals surface area contributed by atoms with Crippen LogP contribution < -0.4 is 5.32 Å². The molecule has 0 aliphatic rings. The van der Waals surface area contributed by atoms with E-state index >= 15 is 0 Å². The van der Waals surface area contributed by atoms with Crippen LogP contribution in [0.1, 0.15) is 29.6 Å². The minimum Gasteiger partial charge on any atom is -0.480 e. The Bertz CT molecular complexity index is 555. The average molecular weight is 282 g/mol. The van der Waals surface area contributed by atoms with Crippen molar-refractivity contribution in [3.05, 3.63) is 35.4 Å². The molecule has 5 nitrogen and oxygen atoms in total. The number of hydrogen-bond donors (Lipinski definition) is 2. The Labute approximate surface area is 113 Å². The molecule has 0 saturated heterocycles. The lowest BCUT2D eigenvalue weighted by Crippen LogP contribution is -2.40. The molecular weight excluding hydrogens is 270 g/mol. The van der Waals surface area contributed by atoms with Gasteiger partial charge in [0, 0.05) is 12.0 Å². The van der Waals surface area contributed by atoms with Crippen LogP contribution in [0.3, 0.4) is 0 Å². The molecule has 0 aliphatic carbocycles. The third kappa shape index (κ3) is 4.31. The van der Waals surface area contributed by atoms with Crippen molar-refractivity contribution in [2.45, 2.75) is 25.3 Å². The molecule has 106 valence electrons. The van der Waals surface area contributed by atoms with E-state index in [9.17, 15) is 18.4 Å². The van der Waals surface area contributed by atoms with Gasteiger partial charge in [-0.2, -0.15) is 5.26 Å². The molecule has 0 fully saturated rings. The number of halogens is 2.